The predicted molar refractivity (Wildman–Crippen MR) is 131 cm³/mol. The SMILES string of the molecule is COc1cccc2[nH]c(C(=O)NC(CC3CCCCC3)C(=O)NC(C#N)CC3CCNC3=O)cc12. The average Bonchev–Trinajstić information content (AvgIpc) is 3.49. The summed E-state index contributed by atoms with van der Waals surface area (Å²) < 4.78 is 5.38. The molecule has 1 saturated heterocycles. The molecular formula is C26H33N5O4. The third kappa shape index (κ3) is 5.94. The summed E-state index contributed by atoms with van der Waals surface area (Å²) in [5.74, 6) is -0.148. The second kappa shape index (κ2) is 11.3. The molecule has 1 aromatic carbocycles. The molecule has 3 unspecified atom stereocenters. The third-order valence-corrected chi connectivity index (χ3v) is 7.16. The number of hydrogen-bond donors (Lipinski definition) is 4. The molecule has 9 nitrogen and oxygen atoms in total. The zero-order valence-corrected chi connectivity index (χ0v) is 20.1. The van der Waals surface area contributed by atoms with Gasteiger partial charge >= 0.3 is 0 Å². The highest BCUT2D eigenvalue weighted by Gasteiger charge is 2.31. The Labute approximate surface area is 205 Å². The maximum absolute atomic E-state index is 13.3. The summed E-state index contributed by atoms with van der Waals surface area (Å²) in [4.78, 5) is 41.5. The summed E-state index contributed by atoms with van der Waals surface area (Å²) in [5.41, 5.74) is 1.10. The number of nitriles is 1. The Balaban J connectivity index is 1.48. The van der Waals surface area contributed by atoms with Crippen LogP contribution in [0.4, 0.5) is 0 Å². The van der Waals surface area contributed by atoms with Crippen LogP contribution in [0.25, 0.3) is 10.9 Å². The number of ether oxygens (including phenoxy) is 1. The predicted octanol–water partition coefficient (Wildman–Crippen LogP) is 2.78. The Morgan fingerprint density at radius 1 is 1.17 bits per heavy atom. The van der Waals surface area contributed by atoms with Crippen molar-refractivity contribution in [2.45, 2.75) is 63.5 Å². The van der Waals surface area contributed by atoms with Gasteiger partial charge in [-0.05, 0) is 43.4 Å². The number of carbonyl (C=O) groups excluding carboxylic acids is 3. The van der Waals surface area contributed by atoms with Crippen molar-refractivity contribution in [3.8, 4) is 11.8 Å². The molecule has 1 aliphatic carbocycles. The zero-order valence-electron chi connectivity index (χ0n) is 20.1. The van der Waals surface area contributed by atoms with Crippen molar-refractivity contribution in [3.05, 3.63) is 30.0 Å². The molecule has 2 fully saturated rings. The lowest BCUT2D eigenvalue weighted by molar-refractivity contribution is -0.125. The molecule has 9 heteroatoms. The molecule has 0 radical (unpaired) electrons. The quantitative estimate of drug-likeness (QED) is 0.438. The van der Waals surface area contributed by atoms with Crippen LogP contribution >= 0.6 is 0 Å². The number of nitrogens with one attached hydrogen (secondary N) is 4. The summed E-state index contributed by atoms with van der Waals surface area (Å²) in [6.45, 7) is 0.589. The normalized spacial score (nSPS) is 20.0. The van der Waals surface area contributed by atoms with E-state index < -0.39 is 12.1 Å². The second-order valence-electron chi connectivity index (χ2n) is 9.57. The number of benzene rings is 1. The van der Waals surface area contributed by atoms with Gasteiger partial charge in [0.05, 0.1) is 13.2 Å². The zero-order chi connectivity index (χ0) is 24.8. The number of fused-ring (bicyclic) bond motifs is 1. The second-order valence-corrected chi connectivity index (χ2v) is 9.57. The highest BCUT2D eigenvalue weighted by atomic mass is 16.5. The number of amides is 3. The number of aromatic amines is 1. The summed E-state index contributed by atoms with van der Waals surface area (Å²) >= 11 is 0. The molecule has 4 rings (SSSR count). The van der Waals surface area contributed by atoms with E-state index in [1.807, 2.05) is 18.2 Å². The Hall–Kier alpha value is -3.54. The minimum Gasteiger partial charge on any atom is -0.496 e. The first-order chi connectivity index (χ1) is 17.0. The van der Waals surface area contributed by atoms with Gasteiger partial charge in [-0.15, -0.1) is 0 Å². The van der Waals surface area contributed by atoms with E-state index in [4.69, 9.17) is 4.74 Å². The number of hydrogen-bond acceptors (Lipinski definition) is 5. The lowest BCUT2D eigenvalue weighted by atomic mass is 9.84. The molecule has 1 aromatic heterocycles. The minimum atomic E-state index is -0.792. The third-order valence-electron chi connectivity index (χ3n) is 7.16. The van der Waals surface area contributed by atoms with Crippen LogP contribution in [0, 0.1) is 23.2 Å². The maximum Gasteiger partial charge on any atom is 0.268 e. The number of H-pyrrole nitrogens is 1. The molecule has 35 heavy (non-hydrogen) atoms. The van der Waals surface area contributed by atoms with Crippen molar-refractivity contribution in [1.29, 1.82) is 5.26 Å². The Morgan fingerprint density at radius 3 is 2.66 bits per heavy atom. The summed E-state index contributed by atoms with van der Waals surface area (Å²) in [6.07, 6.45) is 6.90. The van der Waals surface area contributed by atoms with E-state index in [0.717, 1.165) is 36.6 Å². The van der Waals surface area contributed by atoms with Gasteiger partial charge < -0.3 is 25.7 Å². The van der Waals surface area contributed by atoms with Crippen LogP contribution in [0.5, 0.6) is 5.75 Å². The van der Waals surface area contributed by atoms with Crippen molar-refractivity contribution < 1.29 is 19.1 Å². The largest absolute Gasteiger partial charge is 0.496 e. The number of carbonyl (C=O) groups is 3. The highest BCUT2D eigenvalue weighted by Crippen LogP contribution is 2.28. The van der Waals surface area contributed by atoms with Crippen molar-refractivity contribution >= 4 is 28.6 Å². The van der Waals surface area contributed by atoms with Crippen molar-refractivity contribution in [3.63, 3.8) is 0 Å². The van der Waals surface area contributed by atoms with E-state index in [1.165, 1.54) is 6.42 Å². The fourth-order valence-electron chi connectivity index (χ4n) is 5.22. The molecule has 1 aliphatic heterocycles. The van der Waals surface area contributed by atoms with Crippen LogP contribution in [0.3, 0.4) is 0 Å². The molecule has 2 aliphatic rings. The topological polar surface area (TPSA) is 136 Å². The molecule has 3 atom stereocenters. The minimum absolute atomic E-state index is 0.0826. The van der Waals surface area contributed by atoms with Crippen LogP contribution < -0.4 is 20.7 Å². The van der Waals surface area contributed by atoms with E-state index in [-0.39, 0.29) is 30.1 Å². The first kappa shape index (κ1) is 24.6. The summed E-state index contributed by atoms with van der Waals surface area (Å²) in [6, 6.07) is 7.78. The maximum atomic E-state index is 13.3. The highest BCUT2D eigenvalue weighted by molar-refractivity contribution is 6.01. The van der Waals surface area contributed by atoms with Gasteiger partial charge in [-0.1, -0.05) is 38.2 Å². The smallest absolute Gasteiger partial charge is 0.268 e. The van der Waals surface area contributed by atoms with Crippen LogP contribution in [0.1, 0.15) is 61.9 Å². The Morgan fingerprint density at radius 2 is 1.97 bits per heavy atom. The van der Waals surface area contributed by atoms with E-state index in [9.17, 15) is 19.6 Å². The monoisotopic (exact) mass is 479 g/mol. The van der Waals surface area contributed by atoms with Crippen molar-refractivity contribution in [2.24, 2.45) is 11.8 Å². The lowest BCUT2D eigenvalue weighted by Crippen LogP contribution is -2.50. The van der Waals surface area contributed by atoms with E-state index >= 15 is 0 Å². The van der Waals surface area contributed by atoms with Crippen LogP contribution in [-0.4, -0.2) is 48.4 Å². The summed E-state index contributed by atoms with van der Waals surface area (Å²) in [7, 11) is 1.58. The molecule has 3 amide bonds. The molecule has 1 saturated carbocycles. The van der Waals surface area contributed by atoms with Crippen LogP contribution in [-0.2, 0) is 9.59 Å². The lowest BCUT2D eigenvalue weighted by Gasteiger charge is -2.27. The van der Waals surface area contributed by atoms with Crippen LogP contribution in [0.15, 0.2) is 24.3 Å². The molecule has 4 N–H and O–H groups in total. The standard InChI is InChI=1S/C26H33N5O4/c1-35-23-9-5-8-20-19(23)14-22(30-20)26(34)31-21(12-16-6-3-2-4-7-16)25(33)29-18(15-27)13-17-10-11-28-24(17)32/h5,8-9,14,16-18,21,30H,2-4,6-7,10-13H2,1H3,(H,28,32)(H,29,33)(H,31,34). The number of methoxy groups -OCH3 is 1. The summed E-state index contributed by atoms with van der Waals surface area (Å²) in [5, 5.41) is 18.8. The van der Waals surface area contributed by atoms with Gasteiger partial charge in [0, 0.05) is 23.4 Å². The molecule has 2 aromatic rings. The van der Waals surface area contributed by atoms with E-state index in [2.05, 4.69) is 27.0 Å². The van der Waals surface area contributed by atoms with E-state index in [0.29, 0.717) is 36.7 Å². The first-order valence-corrected chi connectivity index (χ1v) is 12.4. The van der Waals surface area contributed by atoms with Gasteiger partial charge in [-0.25, -0.2) is 0 Å². The van der Waals surface area contributed by atoms with Crippen LogP contribution in [0.2, 0.25) is 0 Å². The Kier molecular flexibility index (Phi) is 7.91. The Bertz CT molecular complexity index is 1110. The molecule has 0 spiro atoms. The van der Waals surface area contributed by atoms with Crippen molar-refractivity contribution in [1.82, 2.24) is 20.9 Å². The van der Waals surface area contributed by atoms with Crippen molar-refractivity contribution in [2.75, 3.05) is 13.7 Å². The first-order valence-electron chi connectivity index (χ1n) is 12.4. The number of nitrogens with zero attached hydrogens (tertiary/aromatic N) is 1. The van der Waals surface area contributed by atoms with Gasteiger partial charge in [0.1, 0.15) is 23.5 Å². The number of aromatic nitrogens is 1. The molecular weight excluding hydrogens is 446 g/mol. The average molecular weight is 480 g/mol. The molecule has 0 bridgehead atoms. The van der Waals surface area contributed by atoms with E-state index in [1.54, 1.807) is 13.2 Å². The molecule has 2 heterocycles. The van der Waals surface area contributed by atoms with Gasteiger partial charge in [-0.3, -0.25) is 14.4 Å². The fraction of sp³-hybridized carbons (Fsp3) is 0.538. The fourth-order valence-corrected chi connectivity index (χ4v) is 5.22. The van der Waals surface area contributed by atoms with Gasteiger partial charge in [0.15, 0.2) is 0 Å². The van der Waals surface area contributed by atoms with Gasteiger partial charge in [0.2, 0.25) is 11.8 Å². The number of rotatable bonds is 9. The molecule has 186 valence electrons. The van der Waals surface area contributed by atoms with Gasteiger partial charge in [-0.2, -0.15) is 5.26 Å². The van der Waals surface area contributed by atoms with Gasteiger partial charge in [0.25, 0.3) is 5.91 Å².